The van der Waals surface area contributed by atoms with Gasteiger partial charge in [-0.2, -0.15) is 0 Å². The number of ether oxygens (including phenoxy) is 1. The molecule has 0 aliphatic carbocycles. The minimum Gasteiger partial charge on any atom is -0.473 e. The number of carboxylic acids is 2. The van der Waals surface area contributed by atoms with Gasteiger partial charge in [0, 0.05) is 13.7 Å². The van der Waals surface area contributed by atoms with E-state index in [0.717, 1.165) is 31.1 Å². The second-order valence-electron chi connectivity index (χ2n) is 5.48. The van der Waals surface area contributed by atoms with Crippen molar-refractivity contribution in [2.75, 3.05) is 38.7 Å². The Morgan fingerprint density at radius 3 is 2.52 bits per heavy atom. The SMILES string of the molecule is COCC1CCCN(CC(=O)Nc2nnc(C)s2)C1.O=C(O)C(=O)O. The highest BCUT2D eigenvalue weighted by molar-refractivity contribution is 7.15. The lowest BCUT2D eigenvalue weighted by atomic mass is 9.99. The van der Waals surface area contributed by atoms with Crippen LogP contribution in [0.25, 0.3) is 0 Å². The van der Waals surface area contributed by atoms with Gasteiger partial charge in [0.05, 0.1) is 13.2 Å². The van der Waals surface area contributed by atoms with Gasteiger partial charge in [-0.15, -0.1) is 10.2 Å². The molecule has 1 aromatic heterocycles. The standard InChI is InChI=1S/C12H20N4O2S.C2H2O4/c1-9-14-15-12(19-9)13-11(17)7-16-5-3-4-10(6-16)8-18-2;3-1(4)2(5)6/h10H,3-8H2,1-2H3,(H,13,15,17);(H,3,4)(H,5,6). The zero-order chi connectivity index (χ0) is 18.8. The number of carbonyl (C=O) groups excluding carboxylic acids is 1. The number of anilines is 1. The number of carboxylic acid groups (broad SMARTS) is 2. The van der Waals surface area contributed by atoms with Gasteiger partial charge in [0.25, 0.3) is 0 Å². The van der Waals surface area contributed by atoms with E-state index in [1.165, 1.54) is 17.8 Å². The number of aliphatic carboxylic acids is 2. The van der Waals surface area contributed by atoms with Gasteiger partial charge in [0.1, 0.15) is 5.01 Å². The maximum Gasteiger partial charge on any atom is 0.414 e. The van der Waals surface area contributed by atoms with Crippen LogP contribution in [0.2, 0.25) is 0 Å². The molecule has 1 amide bonds. The molecule has 0 saturated carbocycles. The highest BCUT2D eigenvalue weighted by Crippen LogP contribution is 2.17. The Hall–Kier alpha value is -2.11. The van der Waals surface area contributed by atoms with E-state index in [9.17, 15) is 4.79 Å². The van der Waals surface area contributed by atoms with Crippen LogP contribution >= 0.6 is 11.3 Å². The maximum absolute atomic E-state index is 11.9. The van der Waals surface area contributed by atoms with E-state index in [2.05, 4.69) is 20.4 Å². The Balaban J connectivity index is 0.000000450. The molecule has 0 aromatic carbocycles. The summed E-state index contributed by atoms with van der Waals surface area (Å²) in [6.07, 6.45) is 2.31. The van der Waals surface area contributed by atoms with Crippen LogP contribution in [0.1, 0.15) is 17.8 Å². The van der Waals surface area contributed by atoms with E-state index in [-0.39, 0.29) is 5.91 Å². The number of hydrogen-bond acceptors (Lipinski definition) is 8. The molecule has 2 rings (SSSR count). The van der Waals surface area contributed by atoms with E-state index in [4.69, 9.17) is 24.5 Å². The van der Waals surface area contributed by atoms with Crippen LogP contribution in [-0.4, -0.2) is 76.5 Å². The molecule has 1 aromatic rings. The van der Waals surface area contributed by atoms with Gasteiger partial charge >= 0.3 is 11.9 Å². The van der Waals surface area contributed by atoms with Crippen molar-refractivity contribution in [3.63, 3.8) is 0 Å². The number of methoxy groups -OCH3 is 1. The van der Waals surface area contributed by atoms with Crippen molar-refractivity contribution < 1.29 is 29.3 Å². The smallest absolute Gasteiger partial charge is 0.414 e. The summed E-state index contributed by atoms with van der Waals surface area (Å²) in [5.74, 6) is -3.13. The van der Waals surface area contributed by atoms with Gasteiger partial charge in [0.2, 0.25) is 11.0 Å². The molecule has 1 aliphatic heterocycles. The Morgan fingerprint density at radius 2 is 2.00 bits per heavy atom. The number of hydrogen-bond donors (Lipinski definition) is 3. The Morgan fingerprint density at radius 1 is 1.32 bits per heavy atom. The average Bonchev–Trinajstić information content (AvgIpc) is 2.93. The monoisotopic (exact) mass is 374 g/mol. The summed E-state index contributed by atoms with van der Waals surface area (Å²) in [6, 6.07) is 0. The highest BCUT2D eigenvalue weighted by atomic mass is 32.1. The predicted molar refractivity (Wildman–Crippen MR) is 89.6 cm³/mol. The molecule has 3 N–H and O–H groups in total. The Labute approximate surface area is 148 Å². The second kappa shape index (κ2) is 10.7. The molecule has 1 fully saturated rings. The molecule has 1 saturated heterocycles. The fourth-order valence-corrected chi connectivity index (χ4v) is 2.98. The number of rotatable bonds is 5. The first-order valence-electron chi connectivity index (χ1n) is 7.59. The van der Waals surface area contributed by atoms with E-state index in [1.807, 2.05) is 6.92 Å². The molecule has 140 valence electrons. The first-order valence-corrected chi connectivity index (χ1v) is 8.41. The molecule has 0 radical (unpaired) electrons. The van der Waals surface area contributed by atoms with E-state index in [0.29, 0.717) is 17.6 Å². The van der Waals surface area contributed by atoms with Crippen molar-refractivity contribution in [1.82, 2.24) is 15.1 Å². The third-order valence-electron chi connectivity index (χ3n) is 3.33. The quantitative estimate of drug-likeness (QED) is 0.620. The summed E-state index contributed by atoms with van der Waals surface area (Å²) in [5, 5.41) is 26.8. The molecule has 1 unspecified atom stereocenters. The maximum atomic E-state index is 11.9. The summed E-state index contributed by atoms with van der Waals surface area (Å²) in [6.45, 7) is 4.96. The lowest BCUT2D eigenvalue weighted by Gasteiger charge is -2.31. The molecular formula is C14H22N4O6S. The number of aryl methyl sites for hydroxylation is 1. The van der Waals surface area contributed by atoms with Crippen LogP contribution in [-0.2, 0) is 19.1 Å². The third-order valence-corrected chi connectivity index (χ3v) is 4.08. The number of carbonyl (C=O) groups is 3. The van der Waals surface area contributed by atoms with Crippen molar-refractivity contribution in [2.45, 2.75) is 19.8 Å². The Bertz CT molecular complexity index is 580. The highest BCUT2D eigenvalue weighted by Gasteiger charge is 2.21. The molecule has 0 bridgehead atoms. The zero-order valence-electron chi connectivity index (χ0n) is 14.1. The number of amides is 1. The minimum atomic E-state index is -1.82. The summed E-state index contributed by atoms with van der Waals surface area (Å²) in [5.41, 5.74) is 0. The van der Waals surface area contributed by atoms with Crippen molar-refractivity contribution in [3.05, 3.63) is 5.01 Å². The van der Waals surface area contributed by atoms with Crippen molar-refractivity contribution in [2.24, 2.45) is 5.92 Å². The average molecular weight is 374 g/mol. The largest absolute Gasteiger partial charge is 0.473 e. The number of aromatic nitrogens is 2. The van der Waals surface area contributed by atoms with Gasteiger partial charge in [-0.25, -0.2) is 9.59 Å². The zero-order valence-corrected chi connectivity index (χ0v) is 14.9. The lowest BCUT2D eigenvalue weighted by Crippen LogP contribution is -2.41. The molecule has 1 atom stereocenters. The summed E-state index contributed by atoms with van der Waals surface area (Å²) in [7, 11) is 1.73. The van der Waals surface area contributed by atoms with Crippen LogP contribution in [0.5, 0.6) is 0 Å². The normalized spacial score (nSPS) is 17.3. The van der Waals surface area contributed by atoms with E-state index < -0.39 is 11.9 Å². The van der Waals surface area contributed by atoms with Gasteiger partial charge in [0.15, 0.2) is 0 Å². The topological polar surface area (TPSA) is 142 Å². The van der Waals surface area contributed by atoms with Gasteiger partial charge in [-0.3, -0.25) is 15.0 Å². The predicted octanol–water partition coefficient (Wildman–Crippen LogP) is 0.299. The van der Waals surface area contributed by atoms with Gasteiger partial charge in [-0.05, 0) is 32.2 Å². The minimum absolute atomic E-state index is 0.0192. The number of nitrogens with one attached hydrogen (secondary N) is 1. The second-order valence-corrected chi connectivity index (χ2v) is 6.67. The van der Waals surface area contributed by atoms with Crippen LogP contribution in [0, 0.1) is 12.8 Å². The van der Waals surface area contributed by atoms with Gasteiger partial charge in [-0.1, -0.05) is 11.3 Å². The lowest BCUT2D eigenvalue weighted by molar-refractivity contribution is -0.159. The van der Waals surface area contributed by atoms with Crippen LogP contribution in [0.4, 0.5) is 5.13 Å². The van der Waals surface area contributed by atoms with Crippen LogP contribution in [0.3, 0.4) is 0 Å². The summed E-state index contributed by atoms with van der Waals surface area (Å²) >= 11 is 1.39. The Kier molecular flexibility index (Phi) is 8.95. The first kappa shape index (κ1) is 20.9. The summed E-state index contributed by atoms with van der Waals surface area (Å²) in [4.78, 5) is 32.3. The van der Waals surface area contributed by atoms with E-state index in [1.54, 1.807) is 7.11 Å². The molecule has 0 spiro atoms. The molecule has 10 nitrogen and oxygen atoms in total. The van der Waals surface area contributed by atoms with Crippen molar-refractivity contribution >= 4 is 34.3 Å². The fourth-order valence-electron chi connectivity index (χ4n) is 2.38. The molecule has 2 heterocycles. The molecule has 1 aliphatic rings. The fraction of sp³-hybridized carbons (Fsp3) is 0.643. The first-order chi connectivity index (χ1) is 11.8. The number of piperidine rings is 1. The number of likely N-dealkylation sites (tertiary alicyclic amines) is 1. The van der Waals surface area contributed by atoms with Gasteiger partial charge < -0.3 is 14.9 Å². The molecule has 25 heavy (non-hydrogen) atoms. The van der Waals surface area contributed by atoms with Crippen LogP contribution < -0.4 is 5.32 Å². The molecule has 11 heteroatoms. The van der Waals surface area contributed by atoms with Crippen molar-refractivity contribution in [1.29, 1.82) is 0 Å². The van der Waals surface area contributed by atoms with Crippen molar-refractivity contribution in [3.8, 4) is 0 Å². The number of nitrogens with zero attached hydrogens (tertiary/aromatic N) is 3. The molecular weight excluding hydrogens is 352 g/mol. The summed E-state index contributed by atoms with van der Waals surface area (Å²) < 4.78 is 5.19. The third kappa shape index (κ3) is 8.52. The van der Waals surface area contributed by atoms with Crippen LogP contribution in [0.15, 0.2) is 0 Å². The van der Waals surface area contributed by atoms with E-state index >= 15 is 0 Å².